The Labute approximate surface area is 210 Å². The maximum atomic E-state index is 13.0. The van der Waals surface area contributed by atoms with Gasteiger partial charge >= 0.3 is 0 Å². The number of nitrogens with one attached hydrogen (secondary N) is 1. The summed E-state index contributed by atoms with van der Waals surface area (Å²) in [5.74, 6) is 0.859. The van der Waals surface area contributed by atoms with Crippen LogP contribution < -0.4 is 5.32 Å². The number of thiophene rings is 1. The van der Waals surface area contributed by atoms with Gasteiger partial charge in [-0.3, -0.25) is 9.48 Å². The second-order valence-corrected chi connectivity index (χ2v) is 9.89. The highest BCUT2D eigenvalue weighted by molar-refractivity contribution is 7.14. The summed E-state index contributed by atoms with van der Waals surface area (Å²) < 4.78 is 7.24. The van der Waals surface area contributed by atoms with Crippen LogP contribution in [0.3, 0.4) is 0 Å². The average molecular weight is 490 g/mol. The fraction of sp³-hybridized carbons (Fsp3) is 0.333. The summed E-state index contributed by atoms with van der Waals surface area (Å²) in [6.07, 6.45) is 6.75. The van der Waals surface area contributed by atoms with E-state index < -0.39 is 0 Å². The fourth-order valence-electron chi connectivity index (χ4n) is 4.36. The molecule has 1 N–H and O–H groups in total. The van der Waals surface area contributed by atoms with E-state index in [0.29, 0.717) is 19.0 Å². The van der Waals surface area contributed by atoms with Crippen LogP contribution in [-0.2, 0) is 24.8 Å². The molecule has 1 unspecified atom stereocenters. The van der Waals surface area contributed by atoms with Crippen molar-refractivity contribution in [2.45, 2.75) is 46.6 Å². The Morgan fingerprint density at radius 3 is 2.89 bits per heavy atom. The van der Waals surface area contributed by atoms with Crippen molar-refractivity contribution in [2.24, 2.45) is 7.05 Å². The lowest BCUT2D eigenvalue weighted by Gasteiger charge is -2.15. The molecule has 0 amide bonds. The van der Waals surface area contributed by atoms with Gasteiger partial charge in [0, 0.05) is 42.7 Å². The van der Waals surface area contributed by atoms with Gasteiger partial charge in [0.25, 0.3) is 0 Å². The largest absolute Gasteiger partial charge is 0.376 e. The molecular formula is C27H31N5O2S. The number of carbonyl (C=O) groups excluding carboxylic acids is 1. The molecule has 0 saturated heterocycles. The summed E-state index contributed by atoms with van der Waals surface area (Å²) in [5.41, 5.74) is 6.20. The predicted molar refractivity (Wildman–Crippen MR) is 140 cm³/mol. The highest BCUT2D eigenvalue weighted by atomic mass is 32.1. The first-order chi connectivity index (χ1) is 16.5. The molecule has 4 aromatic rings. The summed E-state index contributed by atoms with van der Waals surface area (Å²) in [4.78, 5) is 24.1. The number of rotatable bonds is 7. The molecule has 35 heavy (non-hydrogen) atoms. The summed E-state index contributed by atoms with van der Waals surface area (Å²) in [6, 6.07) is 10.2. The number of hydrogen-bond acceptors (Lipinski definition) is 7. The maximum absolute atomic E-state index is 13.0. The van der Waals surface area contributed by atoms with Crippen molar-refractivity contribution in [2.75, 3.05) is 11.9 Å². The number of hydrogen-bond donors (Lipinski definition) is 1. The van der Waals surface area contributed by atoms with Crippen molar-refractivity contribution in [3.63, 3.8) is 0 Å². The minimum atomic E-state index is 0. The molecule has 182 valence electrons. The van der Waals surface area contributed by atoms with E-state index in [1.807, 2.05) is 25.4 Å². The first-order valence-corrected chi connectivity index (χ1v) is 12.2. The number of Topliss-reactive ketones (excluding diaryl/α,β-unsaturated/α-hetero) is 1. The fourth-order valence-corrected chi connectivity index (χ4v) is 5.45. The highest BCUT2D eigenvalue weighted by Gasteiger charge is 2.20. The summed E-state index contributed by atoms with van der Waals surface area (Å²) in [6.45, 7) is 5.59. The van der Waals surface area contributed by atoms with Gasteiger partial charge in [0.2, 0.25) is 5.95 Å². The van der Waals surface area contributed by atoms with Crippen molar-refractivity contribution in [3.8, 4) is 11.3 Å². The molecule has 8 heteroatoms. The van der Waals surface area contributed by atoms with Crippen LogP contribution in [0.25, 0.3) is 11.3 Å². The van der Waals surface area contributed by atoms with Crippen molar-refractivity contribution >= 4 is 28.8 Å². The van der Waals surface area contributed by atoms with Gasteiger partial charge in [-0.2, -0.15) is 5.10 Å². The number of aromatic nitrogens is 4. The molecule has 1 aromatic carbocycles. The van der Waals surface area contributed by atoms with Crippen LogP contribution in [0.5, 0.6) is 0 Å². The Morgan fingerprint density at radius 2 is 2.14 bits per heavy atom. The lowest BCUT2D eigenvalue weighted by molar-refractivity contribution is 0.0979. The second kappa shape index (κ2) is 10.5. The Hall–Kier alpha value is -3.36. The molecule has 1 aliphatic rings. The van der Waals surface area contributed by atoms with Crippen molar-refractivity contribution < 1.29 is 9.53 Å². The van der Waals surface area contributed by atoms with Crippen LogP contribution >= 0.6 is 11.3 Å². The SMILES string of the molecule is C.Cc1cc(-c2ccnc(Nc3cnn(C)c3)n2)ccc1C(C)CC(=O)c1cc2c(s1)CCOC2. The molecule has 0 aliphatic carbocycles. The van der Waals surface area contributed by atoms with Gasteiger partial charge in [0.05, 0.1) is 35.7 Å². The molecule has 3 aromatic heterocycles. The zero-order chi connectivity index (χ0) is 23.7. The Kier molecular flexibility index (Phi) is 7.42. The van der Waals surface area contributed by atoms with Gasteiger partial charge in [-0.15, -0.1) is 11.3 Å². The van der Waals surface area contributed by atoms with Gasteiger partial charge in [-0.05, 0) is 47.7 Å². The van der Waals surface area contributed by atoms with E-state index in [4.69, 9.17) is 4.74 Å². The van der Waals surface area contributed by atoms with E-state index in [-0.39, 0.29) is 19.1 Å². The summed E-state index contributed by atoms with van der Waals surface area (Å²) >= 11 is 1.63. The van der Waals surface area contributed by atoms with Crippen LogP contribution in [0, 0.1) is 6.92 Å². The summed E-state index contributed by atoms with van der Waals surface area (Å²) in [7, 11) is 1.87. The standard InChI is InChI=1S/C26H27N5O2S.CH4/c1-16-10-18(22-6-8-27-26(30-22)29-20-13-28-31(3)14-20)4-5-21(16)17(2)11-23(32)25-12-19-15-33-9-7-24(19)34-25;/h4-6,8,10,12-14,17H,7,9,11,15H2,1-3H3,(H,27,29,30);1H4. The number of fused-ring (bicyclic) bond motifs is 1. The molecular weight excluding hydrogens is 458 g/mol. The molecule has 7 nitrogen and oxygen atoms in total. The van der Waals surface area contributed by atoms with Gasteiger partial charge in [0.15, 0.2) is 5.78 Å². The minimum Gasteiger partial charge on any atom is -0.376 e. The van der Waals surface area contributed by atoms with E-state index >= 15 is 0 Å². The molecule has 0 spiro atoms. The number of carbonyl (C=O) groups is 1. The molecule has 0 saturated carbocycles. The Bertz CT molecular complexity index is 1320. The lowest BCUT2D eigenvalue weighted by Crippen LogP contribution is -2.06. The van der Waals surface area contributed by atoms with Crippen molar-refractivity contribution in [1.82, 2.24) is 19.7 Å². The smallest absolute Gasteiger partial charge is 0.227 e. The zero-order valence-electron chi connectivity index (χ0n) is 19.5. The van der Waals surface area contributed by atoms with Crippen LogP contribution in [0.2, 0.25) is 0 Å². The Morgan fingerprint density at radius 1 is 1.29 bits per heavy atom. The number of benzene rings is 1. The van der Waals surface area contributed by atoms with Gasteiger partial charge in [0.1, 0.15) is 0 Å². The van der Waals surface area contributed by atoms with Crippen LogP contribution in [0.1, 0.15) is 57.9 Å². The third kappa shape index (κ3) is 5.49. The van der Waals surface area contributed by atoms with Gasteiger partial charge in [-0.1, -0.05) is 26.5 Å². The number of ketones is 1. The van der Waals surface area contributed by atoms with E-state index in [2.05, 4.69) is 52.4 Å². The van der Waals surface area contributed by atoms with Crippen LogP contribution in [0.4, 0.5) is 11.6 Å². The molecule has 5 rings (SSSR count). The van der Waals surface area contributed by atoms with Gasteiger partial charge in [-0.25, -0.2) is 9.97 Å². The summed E-state index contributed by atoms with van der Waals surface area (Å²) in [5, 5.41) is 7.34. The van der Waals surface area contributed by atoms with E-state index in [9.17, 15) is 4.79 Å². The number of anilines is 2. The molecule has 0 fully saturated rings. The molecule has 0 bridgehead atoms. The number of aryl methyl sites for hydroxylation is 2. The van der Waals surface area contributed by atoms with E-state index in [1.165, 1.54) is 16.0 Å². The topological polar surface area (TPSA) is 81.9 Å². The molecule has 0 radical (unpaired) electrons. The van der Waals surface area contributed by atoms with Gasteiger partial charge < -0.3 is 10.1 Å². The highest BCUT2D eigenvalue weighted by Crippen LogP contribution is 2.32. The number of ether oxygens (including phenoxy) is 1. The molecule has 1 atom stereocenters. The molecule has 4 heterocycles. The first-order valence-electron chi connectivity index (χ1n) is 11.4. The van der Waals surface area contributed by atoms with Crippen molar-refractivity contribution in [1.29, 1.82) is 0 Å². The normalized spacial score (nSPS) is 13.6. The molecule has 1 aliphatic heterocycles. The Balaban J connectivity index is 0.00000289. The quantitative estimate of drug-likeness (QED) is 0.317. The van der Waals surface area contributed by atoms with Crippen molar-refractivity contribution in [3.05, 3.63) is 75.4 Å². The first kappa shape index (κ1) is 24.8. The van der Waals surface area contributed by atoms with E-state index in [1.54, 1.807) is 28.4 Å². The monoisotopic (exact) mass is 489 g/mol. The lowest BCUT2D eigenvalue weighted by atomic mass is 9.90. The second-order valence-electron chi connectivity index (χ2n) is 8.75. The zero-order valence-corrected chi connectivity index (χ0v) is 20.4. The number of nitrogens with zero attached hydrogens (tertiary/aromatic N) is 4. The van der Waals surface area contributed by atoms with Crippen LogP contribution in [0.15, 0.2) is 48.9 Å². The van der Waals surface area contributed by atoms with Crippen LogP contribution in [-0.4, -0.2) is 32.1 Å². The predicted octanol–water partition coefficient (Wildman–Crippen LogP) is 6.08. The third-order valence-electron chi connectivity index (χ3n) is 6.11. The van der Waals surface area contributed by atoms with E-state index in [0.717, 1.165) is 40.4 Å². The third-order valence-corrected chi connectivity index (χ3v) is 7.39. The maximum Gasteiger partial charge on any atom is 0.227 e. The minimum absolute atomic E-state index is 0. The average Bonchev–Trinajstić information content (AvgIpc) is 3.45.